The lowest BCUT2D eigenvalue weighted by Crippen LogP contribution is -2.45. The van der Waals surface area contributed by atoms with E-state index in [1.165, 1.54) is 16.2 Å². The van der Waals surface area contributed by atoms with Crippen LogP contribution in [0.3, 0.4) is 0 Å². The van der Waals surface area contributed by atoms with Crippen LogP contribution in [0.5, 0.6) is 0 Å². The topological polar surface area (TPSA) is 81.2 Å². The van der Waals surface area contributed by atoms with Crippen LogP contribution in [0.25, 0.3) is 0 Å². The molecule has 1 saturated carbocycles. The van der Waals surface area contributed by atoms with Gasteiger partial charge in [0.1, 0.15) is 11.5 Å². The summed E-state index contributed by atoms with van der Waals surface area (Å²) in [6.45, 7) is 5.00. The summed E-state index contributed by atoms with van der Waals surface area (Å²) in [6, 6.07) is 0. The molecule has 1 aromatic rings. The van der Waals surface area contributed by atoms with E-state index in [2.05, 4.69) is 0 Å². The number of anilines is 1. The van der Waals surface area contributed by atoms with E-state index < -0.39 is 5.41 Å². The Labute approximate surface area is 168 Å². The molecule has 1 N–H and O–H groups in total. The van der Waals surface area contributed by atoms with Crippen molar-refractivity contribution in [1.82, 2.24) is 9.80 Å². The number of carbonyl (C=O) groups excluding carboxylic acids is 3. The summed E-state index contributed by atoms with van der Waals surface area (Å²) in [5.74, 6) is 0.306. The van der Waals surface area contributed by atoms with E-state index in [9.17, 15) is 19.5 Å². The summed E-state index contributed by atoms with van der Waals surface area (Å²) in [7, 11) is 1.68. The van der Waals surface area contributed by atoms with Crippen LogP contribution < -0.4 is 4.90 Å². The Bertz CT molecular complexity index is 843. The number of hydrogen-bond donors (Lipinski definition) is 1. The smallest absolute Gasteiger partial charge is 0.257 e. The zero-order valence-electron chi connectivity index (χ0n) is 16.7. The molecule has 0 spiro atoms. The fraction of sp³-hybridized carbons (Fsp3) is 0.650. The van der Waals surface area contributed by atoms with Crippen molar-refractivity contribution in [3.05, 3.63) is 16.0 Å². The minimum absolute atomic E-state index is 0.0329. The minimum atomic E-state index is -0.824. The van der Waals surface area contributed by atoms with Crippen molar-refractivity contribution in [3.8, 4) is 0 Å². The maximum Gasteiger partial charge on any atom is 0.257 e. The van der Waals surface area contributed by atoms with E-state index in [1.54, 1.807) is 30.7 Å². The maximum absolute atomic E-state index is 13.0. The third-order valence-corrected chi connectivity index (χ3v) is 7.16. The Hall–Kier alpha value is -1.93. The molecule has 1 aromatic heterocycles. The predicted molar refractivity (Wildman–Crippen MR) is 106 cm³/mol. The van der Waals surface area contributed by atoms with Gasteiger partial charge in [-0.15, -0.1) is 11.3 Å². The van der Waals surface area contributed by atoms with Crippen LogP contribution in [-0.4, -0.2) is 65.9 Å². The number of aliphatic hydroxyl groups excluding tert-OH is 1. The van der Waals surface area contributed by atoms with E-state index >= 15 is 0 Å². The maximum atomic E-state index is 13.0. The molecule has 1 aliphatic carbocycles. The van der Waals surface area contributed by atoms with E-state index in [-0.39, 0.29) is 30.9 Å². The first-order chi connectivity index (χ1) is 13.2. The van der Waals surface area contributed by atoms with Crippen LogP contribution in [0, 0.1) is 11.3 Å². The number of rotatable bonds is 4. The second-order valence-corrected chi connectivity index (χ2v) is 9.90. The lowest BCUT2D eigenvalue weighted by atomic mass is 9.91. The summed E-state index contributed by atoms with van der Waals surface area (Å²) in [5, 5.41) is 10.3. The van der Waals surface area contributed by atoms with Crippen molar-refractivity contribution in [2.75, 3.05) is 38.2 Å². The third kappa shape index (κ3) is 3.22. The molecule has 0 bridgehead atoms. The van der Waals surface area contributed by atoms with Crippen LogP contribution in [0.2, 0.25) is 0 Å². The van der Waals surface area contributed by atoms with Crippen molar-refractivity contribution in [1.29, 1.82) is 0 Å². The van der Waals surface area contributed by atoms with Crippen LogP contribution in [0.15, 0.2) is 0 Å². The number of carbonyl (C=O) groups is 3. The predicted octanol–water partition coefficient (Wildman–Crippen LogP) is 1.48. The molecule has 0 unspecified atom stereocenters. The summed E-state index contributed by atoms with van der Waals surface area (Å²) >= 11 is 1.48. The van der Waals surface area contributed by atoms with Crippen LogP contribution in [-0.2, 0) is 22.6 Å². The molecule has 7 nitrogen and oxygen atoms in total. The SMILES string of the molecule is CN1CC(=O)N(CC2CC2)c2sc3c(c2C1=O)CCN(C(=O)C(C)(C)CO)C3. The number of fused-ring (bicyclic) bond motifs is 3. The molecule has 0 aromatic carbocycles. The number of aliphatic hydroxyl groups is 1. The monoisotopic (exact) mass is 405 g/mol. The number of nitrogens with zero attached hydrogens (tertiary/aromatic N) is 3. The zero-order chi connectivity index (χ0) is 20.2. The summed E-state index contributed by atoms with van der Waals surface area (Å²) < 4.78 is 0. The number of amides is 3. The van der Waals surface area contributed by atoms with Gasteiger partial charge in [-0.05, 0) is 44.6 Å². The first-order valence-corrected chi connectivity index (χ1v) is 10.6. The van der Waals surface area contributed by atoms with Gasteiger partial charge < -0.3 is 19.8 Å². The summed E-state index contributed by atoms with van der Waals surface area (Å²) in [5.41, 5.74) is 0.816. The van der Waals surface area contributed by atoms with Crippen LogP contribution >= 0.6 is 11.3 Å². The second-order valence-electron chi connectivity index (χ2n) is 8.81. The highest BCUT2D eigenvalue weighted by Crippen LogP contribution is 2.43. The van der Waals surface area contributed by atoms with E-state index in [1.807, 2.05) is 0 Å². The van der Waals surface area contributed by atoms with Gasteiger partial charge in [-0.25, -0.2) is 0 Å². The quantitative estimate of drug-likeness (QED) is 0.823. The Kier molecular flexibility index (Phi) is 4.74. The minimum Gasteiger partial charge on any atom is -0.395 e. The standard InChI is InChI=1S/C20H27N3O4S/c1-20(2,11-24)19(27)22-7-6-13-14(9-22)28-18-16(13)17(26)21(3)10-15(25)23(18)8-12-4-5-12/h12,24H,4-11H2,1-3H3. The molecule has 0 saturated heterocycles. The largest absolute Gasteiger partial charge is 0.395 e. The van der Waals surface area contributed by atoms with Crippen molar-refractivity contribution >= 4 is 34.1 Å². The molecular formula is C20H27N3O4S. The normalized spacial score (nSPS) is 20.2. The molecule has 3 heterocycles. The van der Waals surface area contributed by atoms with E-state index in [0.717, 1.165) is 28.3 Å². The van der Waals surface area contributed by atoms with Crippen molar-refractivity contribution in [2.24, 2.45) is 11.3 Å². The fourth-order valence-electron chi connectivity index (χ4n) is 3.88. The van der Waals surface area contributed by atoms with Crippen LogP contribution in [0.4, 0.5) is 5.00 Å². The molecule has 152 valence electrons. The molecule has 0 radical (unpaired) electrons. The highest BCUT2D eigenvalue weighted by molar-refractivity contribution is 7.17. The van der Waals surface area contributed by atoms with E-state index in [4.69, 9.17) is 0 Å². The average molecular weight is 406 g/mol. The van der Waals surface area contributed by atoms with Crippen molar-refractivity contribution in [3.63, 3.8) is 0 Å². The molecule has 28 heavy (non-hydrogen) atoms. The van der Waals surface area contributed by atoms with Gasteiger partial charge in [-0.1, -0.05) is 0 Å². The first kappa shape index (κ1) is 19.4. The summed E-state index contributed by atoms with van der Waals surface area (Å²) in [6.07, 6.45) is 2.86. The van der Waals surface area contributed by atoms with Gasteiger partial charge in [0.15, 0.2) is 0 Å². The molecule has 0 atom stereocenters. The number of thiophene rings is 1. The van der Waals surface area contributed by atoms with Crippen LogP contribution in [0.1, 0.15) is 47.5 Å². The molecule has 4 rings (SSSR count). The van der Waals surface area contributed by atoms with Crippen molar-refractivity contribution in [2.45, 2.75) is 39.7 Å². The average Bonchev–Trinajstić information content (AvgIpc) is 3.42. The van der Waals surface area contributed by atoms with E-state index in [0.29, 0.717) is 37.5 Å². The molecular weight excluding hydrogens is 378 g/mol. The molecule has 3 aliphatic rings. The lowest BCUT2D eigenvalue weighted by molar-refractivity contribution is -0.143. The van der Waals surface area contributed by atoms with Gasteiger partial charge in [0.25, 0.3) is 5.91 Å². The number of likely N-dealkylation sites (N-methyl/N-ethyl adjacent to an activating group) is 1. The highest BCUT2D eigenvalue weighted by Gasteiger charge is 2.40. The zero-order valence-corrected chi connectivity index (χ0v) is 17.5. The molecule has 3 amide bonds. The Morgan fingerprint density at radius 3 is 2.61 bits per heavy atom. The Morgan fingerprint density at radius 2 is 1.96 bits per heavy atom. The Balaban J connectivity index is 1.70. The fourth-order valence-corrected chi connectivity index (χ4v) is 5.26. The lowest BCUT2D eigenvalue weighted by Gasteiger charge is -2.33. The van der Waals surface area contributed by atoms with Gasteiger partial charge in [0.2, 0.25) is 11.8 Å². The second kappa shape index (κ2) is 6.84. The van der Waals surface area contributed by atoms with Gasteiger partial charge >= 0.3 is 0 Å². The number of hydrogen-bond acceptors (Lipinski definition) is 5. The first-order valence-electron chi connectivity index (χ1n) is 9.83. The van der Waals surface area contributed by atoms with Crippen molar-refractivity contribution < 1.29 is 19.5 Å². The van der Waals surface area contributed by atoms with Gasteiger partial charge in [-0.2, -0.15) is 0 Å². The molecule has 8 heteroatoms. The molecule has 2 aliphatic heterocycles. The van der Waals surface area contributed by atoms with Gasteiger partial charge in [-0.3, -0.25) is 14.4 Å². The Morgan fingerprint density at radius 1 is 1.25 bits per heavy atom. The third-order valence-electron chi connectivity index (χ3n) is 5.92. The van der Waals surface area contributed by atoms with Gasteiger partial charge in [0.05, 0.1) is 24.1 Å². The highest BCUT2D eigenvalue weighted by atomic mass is 32.1. The van der Waals surface area contributed by atoms with Gasteiger partial charge in [0, 0.05) is 25.0 Å². The molecule has 1 fully saturated rings. The summed E-state index contributed by atoms with van der Waals surface area (Å²) in [4.78, 5) is 44.7.